The molecule has 0 saturated carbocycles. The highest BCUT2D eigenvalue weighted by Crippen LogP contribution is 2.28. The molecule has 4 nitrogen and oxygen atoms in total. The smallest absolute Gasteiger partial charge is 0.344 e. The predicted molar refractivity (Wildman–Crippen MR) is 92.2 cm³/mol. The van der Waals surface area contributed by atoms with E-state index in [2.05, 4.69) is 5.32 Å². The van der Waals surface area contributed by atoms with Crippen LogP contribution in [0, 0.1) is 6.92 Å². The van der Waals surface area contributed by atoms with Gasteiger partial charge in [0.15, 0.2) is 0 Å². The third kappa shape index (κ3) is 2.75. The molecule has 0 radical (unpaired) electrons. The molecule has 0 aliphatic carbocycles. The van der Waals surface area contributed by atoms with Gasteiger partial charge in [0, 0.05) is 29.2 Å². The highest BCUT2D eigenvalue weighted by atomic mass is 16.4. The second kappa shape index (κ2) is 6.08. The standard InChI is InChI=1S/C19H17NO3/c1-3-20-15-8-9-16-12(2)18(19(22)23-17(16)10-15)14-6-4-13(11-21)5-7-14/h4-11,20H,3H2,1-2H3. The summed E-state index contributed by atoms with van der Waals surface area (Å²) in [7, 11) is 0. The minimum Gasteiger partial charge on any atom is -0.422 e. The maximum atomic E-state index is 12.4. The lowest BCUT2D eigenvalue weighted by molar-refractivity contribution is 0.112. The Morgan fingerprint density at radius 2 is 1.87 bits per heavy atom. The summed E-state index contributed by atoms with van der Waals surface area (Å²) < 4.78 is 5.51. The molecular weight excluding hydrogens is 290 g/mol. The molecule has 0 aliphatic heterocycles. The van der Waals surface area contributed by atoms with Crippen LogP contribution >= 0.6 is 0 Å². The Morgan fingerprint density at radius 3 is 2.52 bits per heavy atom. The van der Waals surface area contributed by atoms with E-state index in [1.165, 1.54) is 0 Å². The Labute approximate surface area is 133 Å². The topological polar surface area (TPSA) is 59.3 Å². The molecule has 0 bridgehead atoms. The van der Waals surface area contributed by atoms with Crippen molar-refractivity contribution < 1.29 is 9.21 Å². The maximum absolute atomic E-state index is 12.4. The van der Waals surface area contributed by atoms with Gasteiger partial charge in [-0.25, -0.2) is 4.79 Å². The van der Waals surface area contributed by atoms with Crippen LogP contribution in [-0.2, 0) is 0 Å². The molecule has 0 spiro atoms. The average molecular weight is 307 g/mol. The molecular formula is C19H17NO3. The zero-order valence-electron chi connectivity index (χ0n) is 13.1. The first-order valence-electron chi connectivity index (χ1n) is 7.51. The van der Waals surface area contributed by atoms with Crippen molar-refractivity contribution in [3.63, 3.8) is 0 Å². The monoisotopic (exact) mass is 307 g/mol. The molecule has 3 rings (SSSR count). The zero-order chi connectivity index (χ0) is 16.4. The molecule has 1 heterocycles. The van der Waals surface area contributed by atoms with E-state index < -0.39 is 0 Å². The van der Waals surface area contributed by atoms with Gasteiger partial charge < -0.3 is 9.73 Å². The number of carbonyl (C=O) groups excluding carboxylic acids is 1. The molecule has 0 saturated heterocycles. The van der Waals surface area contributed by atoms with Gasteiger partial charge in [-0.1, -0.05) is 24.3 Å². The number of nitrogens with one attached hydrogen (secondary N) is 1. The van der Waals surface area contributed by atoms with Gasteiger partial charge in [-0.2, -0.15) is 0 Å². The van der Waals surface area contributed by atoms with Crippen LogP contribution in [0.4, 0.5) is 5.69 Å². The molecule has 0 unspecified atom stereocenters. The van der Waals surface area contributed by atoms with Crippen LogP contribution in [0.5, 0.6) is 0 Å². The van der Waals surface area contributed by atoms with Crippen LogP contribution in [0.3, 0.4) is 0 Å². The van der Waals surface area contributed by atoms with Crippen molar-refractivity contribution in [1.82, 2.24) is 0 Å². The van der Waals surface area contributed by atoms with Gasteiger partial charge in [0.05, 0.1) is 5.56 Å². The number of rotatable bonds is 4. The molecule has 0 atom stereocenters. The lowest BCUT2D eigenvalue weighted by Crippen LogP contribution is -2.06. The first-order chi connectivity index (χ1) is 11.1. The molecule has 0 fully saturated rings. The molecule has 23 heavy (non-hydrogen) atoms. The Morgan fingerprint density at radius 1 is 1.13 bits per heavy atom. The maximum Gasteiger partial charge on any atom is 0.344 e. The normalized spacial score (nSPS) is 10.7. The largest absolute Gasteiger partial charge is 0.422 e. The van der Waals surface area contributed by atoms with Gasteiger partial charge in [-0.3, -0.25) is 4.79 Å². The van der Waals surface area contributed by atoms with Crippen molar-refractivity contribution in [1.29, 1.82) is 0 Å². The number of aryl methyl sites for hydroxylation is 1. The van der Waals surface area contributed by atoms with Crippen LogP contribution in [0.1, 0.15) is 22.8 Å². The molecule has 0 amide bonds. The number of carbonyl (C=O) groups is 1. The lowest BCUT2D eigenvalue weighted by atomic mass is 9.98. The van der Waals surface area contributed by atoms with E-state index in [9.17, 15) is 9.59 Å². The third-order valence-electron chi connectivity index (χ3n) is 3.88. The summed E-state index contributed by atoms with van der Waals surface area (Å²) in [5, 5.41) is 4.11. The number of aldehydes is 1. The summed E-state index contributed by atoms with van der Waals surface area (Å²) in [6.07, 6.45) is 0.780. The summed E-state index contributed by atoms with van der Waals surface area (Å²) in [6, 6.07) is 12.7. The molecule has 1 N–H and O–H groups in total. The quantitative estimate of drug-likeness (QED) is 0.584. The highest BCUT2D eigenvalue weighted by Gasteiger charge is 2.13. The van der Waals surface area contributed by atoms with Gasteiger partial charge in [0.1, 0.15) is 11.9 Å². The number of anilines is 1. The van der Waals surface area contributed by atoms with E-state index in [4.69, 9.17) is 4.42 Å². The van der Waals surface area contributed by atoms with Crippen molar-refractivity contribution in [2.24, 2.45) is 0 Å². The van der Waals surface area contributed by atoms with Crippen LogP contribution in [-0.4, -0.2) is 12.8 Å². The van der Waals surface area contributed by atoms with Gasteiger partial charge in [0.2, 0.25) is 0 Å². The Kier molecular flexibility index (Phi) is 3.98. The van der Waals surface area contributed by atoms with E-state index in [1.807, 2.05) is 32.0 Å². The van der Waals surface area contributed by atoms with Crippen molar-refractivity contribution in [3.8, 4) is 11.1 Å². The molecule has 3 aromatic rings. The van der Waals surface area contributed by atoms with Gasteiger partial charge in [-0.05, 0) is 37.1 Å². The van der Waals surface area contributed by atoms with Gasteiger partial charge >= 0.3 is 5.63 Å². The fraction of sp³-hybridized carbons (Fsp3) is 0.158. The fourth-order valence-electron chi connectivity index (χ4n) is 2.73. The first-order valence-corrected chi connectivity index (χ1v) is 7.51. The molecule has 116 valence electrons. The third-order valence-corrected chi connectivity index (χ3v) is 3.88. The first kappa shape index (κ1) is 15.0. The molecule has 4 heteroatoms. The summed E-state index contributed by atoms with van der Waals surface area (Å²) in [5.41, 5.74) is 3.85. The number of benzene rings is 2. The summed E-state index contributed by atoms with van der Waals surface area (Å²) in [5.74, 6) is 0. The highest BCUT2D eigenvalue weighted by molar-refractivity contribution is 5.89. The molecule has 0 aliphatic rings. The second-order valence-electron chi connectivity index (χ2n) is 5.37. The van der Waals surface area contributed by atoms with Gasteiger partial charge in [0.25, 0.3) is 0 Å². The van der Waals surface area contributed by atoms with Crippen molar-refractivity contribution in [2.75, 3.05) is 11.9 Å². The summed E-state index contributed by atoms with van der Waals surface area (Å²) >= 11 is 0. The van der Waals surface area contributed by atoms with Crippen LogP contribution < -0.4 is 10.9 Å². The van der Waals surface area contributed by atoms with Crippen LogP contribution in [0.25, 0.3) is 22.1 Å². The van der Waals surface area contributed by atoms with E-state index in [1.54, 1.807) is 24.3 Å². The average Bonchev–Trinajstić information content (AvgIpc) is 2.55. The lowest BCUT2D eigenvalue weighted by Gasteiger charge is -2.10. The van der Waals surface area contributed by atoms with Crippen molar-refractivity contribution >= 4 is 22.9 Å². The summed E-state index contributed by atoms with van der Waals surface area (Å²) in [6.45, 7) is 4.72. The summed E-state index contributed by atoms with van der Waals surface area (Å²) in [4.78, 5) is 23.2. The Bertz CT molecular complexity index is 924. The van der Waals surface area contributed by atoms with Crippen molar-refractivity contribution in [3.05, 3.63) is 64.0 Å². The Balaban J connectivity index is 2.19. The number of hydrogen-bond acceptors (Lipinski definition) is 4. The number of hydrogen-bond donors (Lipinski definition) is 1. The van der Waals surface area contributed by atoms with E-state index in [-0.39, 0.29) is 5.63 Å². The minimum absolute atomic E-state index is 0.373. The van der Waals surface area contributed by atoms with E-state index in [0.717, 1.165) is 35.0 Å². The van der Waals surface area contributed by atoms with E-state index in [0.29, 0.717) is 16.7 Å². The van der Waals surface area contributed by atoms with Crippen molar-refractivity contribution in [2.45, 2.75) is 13.8 Å². The van der Waals surface area contributed by atoms with Gasteiger partial charge in [-0.15, -0.1) is 0 Å². The molecule has 2 aromatic carbocycles. The molecule has 1 aromatic heterocycles. The number of fused-ring (bicyclic) bond motifs is 1. The SMILES string of the molecule is CCNc1ccc2c(C)c(-c3ccc(C=O)cc3)c(=O)oc2c1. The fourth-order valence-corrected chi connectivity index (χ4v) is 2.73. The predicted octanol–water partition coefficient (Wildman–Crippen LogP) is 4.01. The van der Waals surface area contributed by atoms with Crippen LogP contribution in [0.2, 0.25) is 0 Å². The Hall–Kier alpha value is -2.88. The van der Waals surface area contributed by atoms with Crippen LogP contribution in [0.15, 0.2) is 51.7 Å². The minimum atomic E-state index is -0.373. The van der Waals surface area contributed by atoms with E-state index >= 15 is 0 Å². The second-order valence-corrected chi connectivity index (χ2v) is 5.37. The zero-order valence-corrected chi connectivity index (χ0v) is 13.1.